The molecule has 9 nitrogen and oxygen atoms in total. The van der Waals surface area contributed by atoms with Crippen LogP contribution in [0.3, 0.4) is 0 Å². The molecule has 0 aliphatic carbocycles. The molecular weight excluding hydrogens is 525 g/mol. The average molecular weight is 553 g/mol. The Hall–Kier alpha value is -3.87. The number of alkyl carbamates (subject to hydrolysis) is 1. The van der Waals surface area contributed by atoms with Gasteiger partial charge in [0.15, 0.2) is 5.69 Å². The molecule has 3 rings (SSSR count). The zero-order chi connectivity index (χ0) is 28.3. The number of alkyl halides is 3. The normalized spacial score (nSPS) is 12.2. The van der Waals surface area contributed by atoms with Crippen molar-refractivity contribution in [3.05, 3.63) is 65.9 Å². The Kier molecular flexibility index (Phi) is 8.20. The maximum absolute atomic E-state index is 13.4. The molecule has 0 atom stereocenters. The molecule has 1 heterocycles. The van der Waals surface area contributed by atoms with Gasteiger partial charge in [0.25, 0.3) is 10.0 Å². The summed E-state index contributed by atoms with van der Waals surface area (Å²) in [6, 6.07) is 12.6. The van der Waals surface area contributed by atoms with E-state index in [4.69, 9.17) is 4.74 Å². The van der Waals surface area contributed by atoms with Crippen LogP contribution in [0, 0.1) is 6.92 Å². The van der Waals surface area contributed by atoms with E-state index in [0.717, 1.165) is 28.4 Å². The zero-order valence-electron chi connectivity index (χ0n) is 21.1. The molecule has 2 amide bonds. The lowest BCUT2D eigenvalue weighted by Gasteiger charge is -2.19. The standard InChI is InChI=1S/C25H27F3N4O5S/c1-16-5-7-17(8-6-16)20-15-21(25(26,27)28)30-32(20)18-9-11-19(12-10-18)38(35,36)31-22(33)13-14-29-23(34)37-24(2,3)4/h5-12,15H,13-14H2,1-4H3,(H,29,34)(H,31,33). The van der Waals surface area contributed by atoms with Gasteiger partial charge in [0.05, 0.1) is 16.3 Å². The number of halogens is 3. The number of amides is 2. The first-order valence-corrected chi connectivity index (χ1v) is 12.9. The van der Waals surface area contributed by atoms with Crippen LogP contribution in [0.5, 0.6) is 0 Å². The molecular formula is C25H27F3N4O5S. The Bertz CT molecular complexity index is 1410. The van der Waals surface area contributed by atoms with Crippen molar-refractivity contribution in [3.63, 3.8) is 0 Å². The van der Waals surface area contributed by atoms with Crippen LogP contribution < -0.4 is 10.0 Å². The molecule has 0 spiro atoms. The summed E-state index contributed by atoms with van der Waals surface area (Å²) in [6.45, 7) is 6.70. The fourth-order valence-electron chi connectivity index (χ4n) is 3.26. The summed E-state index contributed by atoms with van der Waals surface area (Å²) < 4.78 is 73.4. The van der Waals surface area contributed by atoms with Crippen LogP contribution in [0.4, 0.5) is 18.0 Å². The molecule has 0 aliphatic rings. The smallest absolute Gasteiger partial charge is 0.435 e. The second kappa shape index (κ2) is 10.9. The molecule has 2 aromatic carbocycles. The van der Waals surface area contributed by atoms with E-state index in [2.05, 4.69) is 10.4 Å². The SMILES string of the molecule is Cc1ccc(-c2cc(C(F)(F)F)nn2-c2ccc(S(=O)(=O)NC(=O)CCNC(=O)OC(C)(C)C)cc2)cc1. The molecule has 13 heteroatoms. The number of benzene rings is 2. The van der Waals surface area contributed by atoms with Crippen molar-refractivity contribution in [3.8, 4) is 16.9 Å². The minimum Gasteiger partial charge on any atom is -0.444 e. The maximum atomic E-state index is 13.4. The molecule has 38 heavy (non-hydrogen) atoms. The van der Waals surface area contributed by atoms with Gasteiger partial charge < -0.3 is 10.1 Å². The molecule has 3 aromatic rings. The van der Waals surface area contributed by atoms with Crippen molar-refractivity contribution in [2.45, 2.75) is 50.8 Å². The van der Waals surface area contributed by atoms with Gasteiger partial charge in [-0.1, -0.05) is 29.8 Å². The van der Waals surface area contributed by atoms with E-state index in [1.165, 1.54) is 12.1 Å². The summed E-state index contributed by atoms with van der Waals surface area (Å²) in [5.74, 6) is -0.867. The molecule has 0 aliphatic heterocycles. The number of nitrogens with zero attached hydrogens (tertiary/aromatic N) is 2. The van der Waals surface area contributed by atoms with E-state index >= 15 is 0 Å². The van der Waals surface area contributed by atoms with E-state index in [1.807, 2.05) is 11.6 Å². The van der Waals surface area contributed by atoms with Gasteiger partial charge >= 0.3 is 12.3 Å². The molecule has 1 aromatic heterocycles. The Labute approximate surface area is 218 Å². The third-order valence-corrected chi connectivity index (χ3v) is 6.40. The quantitative estimate of drug-likeness (QED) is 0.443. The number of rotatable bonds is 7. The number of ether oxygens (including phenoxy) is 1. The third kappa shape index (κ3) is 7.57. The van der Waals surface area contributed by atoms with Crippen molar-refractivity contribution in [2.75, 3.05) is 6.54 Å². The van der Waals surface area contributed by atoms with Crippen LogP contribution in [0.15, 0.2) is 59.5 Å². The Morgan fingerprint density at radius 2 is 1.61 bits per heavy atom. The summed E-state index contributed by atoms with van der Waals surface area (Å²) in [5.41, 5.74) is -0.0675. The minimum atomic E-state index is -4.68. The van der Waals surface area contributed by atoms with Crippen molar-refractivity contribution < 1.29 is 35.9 Å². The molecule has 204 valence electrons. The fourth-order valence-corrected chi connectivity index (χ4v) is 4.28. The van der Waals surface area contributed by atoms with Crippen LogP contribution in [0.1, 0.15) is 38.4 Å². The molecule has 0 unspecified atom stereocenters. The second-order valence-corrected chi connectivity index (χ2v) is 11.1. The van der Waals surface area contributed by atoms with Gasteiger partial charge in [0.2, 0.25) is 5.91 Å². The molecule has 0 radical (unpaired) electrons. The summed E-state index contributed by atoms with van der Waals surface area (Å²) in [6.07, 6.45) is -5.76. The highest BCUT2D eigenvalue weighted by molar-refractivity contribution is 7.90. The van der Waals surface area contributed by atoms with Crippen LogP contribution in [-0.4, -0.2) is 42.3 Å². The van der Waals surface area contributed by atoms with E-state index in [-0.39, 0.29) is 29.2 Å². The van der Waals surface area contributed by atoms with Gasteiger partial charge in [-0.3, -0.25) is 4.79 Å². The van der Waals surface area contributed by atoms with Gasteiger partial charge in [-0.2, -0.15) is 18.3 Å². The number of hydrogen-bond acceptors (Lipinski definition) is 6. The lowest BCUT2D eigenvalue weighted by Crippen LogP contribution is -2.36. The van der Waals surface area contributed by atoms with Crippen LogP contribution in [0.25, 0.3) is 16.9 Å². The monoisotopic (exact) mass is 552 g/mol. The largest absolute Gasteiger partial charge is 0.444 e. The highest BCUT2D eigenvalue weighted by Gasteiger charge is 2.35. The van der Waals surface area contributed by atoms with E-state index in [0.29, 0.717) is 5.56 Å². The van der Waals surface area contributed by atoms with Gasteiger partial charge in [-0.15, -0.1) is 0 Å². The highest BCUT2D eigenvalue weighted by atomic mass is 32.2. The van der Waals surface area contributed by atoms with Crippen LogP contribution in [0.2, 0.25) is 0 Å². The fraction of sp³-hybridized carbons (Fsp3) is 0.320. The molecule has 0 saturated heterocycles. The van der Waals surface area contributed by atoms with Gasteiger partial charge in [-0.25, -0.2) is 22.6 Å². The lowest BCUT2D eigenvalue weighted by molar-refractivity contribution is -0.141. The molecule has 2 N–H and O–H groups in total. The van der Waals surface area contributed by atoms with Crippen molar-refractivity contribution in [1.82, 2.24) is 19.8 Å². The lowest BCUT2D eigenvalue weighted by atomic mass is 10.1. The number of carbonyl (C=O) groups is 2. The van der Waals surface area contributed by atoms with Crippen LogP contribution in [-0.2, 0) is 25.7 Å². The number of sulfonamides is 1. The topological polar surface area (TPSA) is 119 Å². The predicted octanol–water partition coefficient (Wildman–Crippen LogP) is 4.59. The number of aryl methyl sites for hydroxylation is 1. The summed E-state index contributed by atoms with van der Waals surface area (Å²) >= 11 is 0. The zero-order valence-corrected chi connectivity index (χ0v) is 21.9. The molecule has 0 fully saturated rings. The van der Waals surface area contributed by atoms with Crippen molar-refractivity contribution >= 4 is 22.0 Å². The first-order chi connectivity index (χ1) is 17.5. The number of hydrogen-bond donors (Lipinski definition) is 2. The molecule has 0 bridgehead atoms. The third-order valence-electron chi connectivity index (χ3n) is 5.01. The first-order valence-electron chi connectivity index (χ1n) is 11.4. The van der Waals surface area contributed by atoms with E-state index in [1.54, 1.807) is 45.0 Å². The minimum absolute atomic E-state index is 0.155. The van der Waals surface area contributed by atoms with Gasteiger partial charge in [0, 0.05) is 18.5 Å². The predicted molar refractivity (Wildman–Crippen MR) is 133 cm³/mol. The maximum Gasteiger partial charge on any atom is 0.435 e. The average Bonchev–Trinajstić information content (AvgIpc) is 3.24. The second-order valence-electron chi connectivity index (χ2n) is 9.39. The molecule has 0 saturated carbocycles. The first kappa shape index (κ1) is 28.7. The van der Waals surface area contributed by atoms with E-state index < -0.39 is 39.5 Å². The van der Waals surface area contributed by atoms with Crippen molar-refractivity contribution in [2.24, 2.45) is 0 Å². The number of aromatic nitrogens is 2. The van der Waals surface area contributed by atoms with Gasteiger partial charge in [0.1, 0.15) is 5.60 Å². The Morgan fingerprint density at radius 3 is 2.16 bits per heavy atom. The van der Waals surface area contributed by atoms with Gasteiger partial charge in [-0.05, 0) is 58.0 Å². The van der Waals surface area contributed by atoms with E-state index in [9.17, 15) is 31.2 Å². The number of nitrogens with one attached hydrogen (secondary N) is 2. The highest BCUT2D eigenvalue weighted by Crippen LogP contribution is 2.33. The Balaban J connectivity index is 1.76. The number of carbonyl (C=O) groups excluding carboxylic acids is 2. The summed E-state index contributed by atoms with van der Waals surface area (Å²) in [7, 11) is -4.28. The summed E-state index contributed by atoms with van der Waals surface area (Å²) in [5, 5.41) is 6.04. The van der Waals surface area contributed by atoms with Crippen molar-refractivity contribution in [1.29, 1.82) is 0 Å². The van der Waals surface area contributed by atoms with Crippen LogP contribution >= 0.6 is 0 Å². The Morgan fingerprint density at radius 1 is 1.00 bits per heavy atom. The summed E-state index contributed by atoms with van der Waals surface area (Å²) in [4.78, 5) is 23.5.